The maximum atomic E-state index is 12.1. The Morgan fingerprint density at radius 3 is 3.10 bits per heavy atom. The largest absolute Gasteiger partial charge is 0.481 e. The highest BCUT2D eigenvalue weighted by Crippen LogP contribution is 2.22. The quantitative estimate of drug-likeness (QED) is 0.561. The Hall–Kier alpha value is -1.65. The molecule has 156 valence electrons. The summed E-state index contributed by atoms with van der Waals surface area (Å²) in [7, 11) is 0. The second kappa shape index (κ2) is 10.9. The number of hydrogen-bond acceptors (Lipinski definition) is 7. The number of nitrogens with zero attached hydrogens (tertiary/aromatic N) is 2. The van der Waals surface area contributed by atoms with Crippen molar-refractivity contribution in [2.24, 2.45) is 0 Å². The van der Waals surface area contributed by atoms with Crippen molar-refractivity contribution in [2.45, 2.75) is 23.4 Å². The zero-order valence-corrected chi connectivity index (χ0v) is 18.1. The average Bonchev–Trinajstić information content (AvgIpc) is 3.12. The third-order valence-corrected chi connectivity index (χ3v) is 6.54. The summed E-state index contributed by atoms with van der Waals surface area (Å²) in [6, 6.07) is 7.82. The molecular weight excluding hydrogens is 434 g/mol. The van der Waals surface area contributed by atoms with Gasteiger partial charge in [0, 0.05) is 36.6 Å². The van der Waals surface area contributed by atoms with Gasteiger partial charge in [-0.3, -0.25) is 14.5 Å². The van der Waals surface area contributed by atoms with E-state index in [4.69, 9.17) is 21.4 Å². The molecule has 1 atom stereocenters. The first-order valence-corrected chi connectivity index (χ1v) is 11.4. The SMILES string of the molecule is O=C(O)Cc1csc(SCC(=O)NCC2CN(Cc3cccc(Cl)c3)CCO2)n1. The van der Waals surface area contributed by atoms with Gasteiger partial charge in [-0.05, 0) is 17.7 Å². The number of carbonyl (C=O) groups is 2. The standard InChI is InChI=1S/C19H22ClN3O4S2/c20-14-3-1-2-13(6-14)9-23-4-5-27-16(10-23)8-21-17(24)12-29-19-22-15(11-28-19)7-18(25)26/h1-3,6,11,16H,4-5,7-10,12H2,(H,21,24)(H,25,26). The molecule has 0 spiro atoms. The predicted octanol–water partition coefficient (Wildman–Crippen LogP) is 2.53. The molecule has 0 bridgehead atoms. The number of rotatable bonds is 9. The third-order valence-electron chi connectivity index (χ3n) is 4.23. The molecule has 1 amide bonds. The van der Waals surface area contributed by atoms with Gasteiger partial charge in [0.25, 0.3) is 0 Å². The van der Waals surface area contributed by atoms with Gasteiger partial charge in [0.2, 0.25) is 5.91 Å². The van der Waals surface area contributed by atoms with Gasteiger partial charge in [-0.2, -0.15) is 0 Å². The van der Waals surface area contributed by atoms with Gasteiger partial charge in [0.05, 0.1) is 30.6 Å². The minimum Gasteiger partial charge on any atom is -0.481 e. The molecule has 1 fully saturated rings. The van der Waals surface area contributed by atoms with Crippen LogP contribution in [0.15, 0.2) is 34.0 Å². The van der Waals surface area contributed by atoms with Crippen LogP contribution >= 0.6 is 34.7 Å². The predicted molar refractivity (Wildman–Crippen MR) is 114 cm³/mol. The number of carboxylic acids is 1. The van der Waals surface area contributed by atoms with Crippen LogP contribution in [-0.2, 0) is 27.3 Å². The maximum Gasteiger partial charge on any atom is 0.309 e. The van der Waals surface area contributed by atoms with E-state index in [1.54, 1.807) is 5.38 Å². The van der Waals surface area contributed by atoms with Gasteiger partial charge < -0.3 is 15.2 Å². The number of morpholine rings is 1. The summed E-state index contributed by atoms with van der Waals surface area (Å²) in [5.74, 6) is -0.777. The molecule has 2 heterocycles. The molecule has 1 saturated heterocycles. The summed E-state index contributed by atoms with van der Waals surface area (Å²) >= 11 is 8.71. The zero-order chi connectivity index (χ0) is 20.6. The van der Waals surface area contributed by atoms with E-state index in [2.05, 4.69) is 21.3 Å². The number of aromatic nitrogens is 1. The summed E-state index contributed by atoms with van der Waals surface area (Å²) in [6.07, 6.45) is -0.160. The van der Waals surface area contributed by atoms with Gasteiger partial charge in [0.1, 0.15) is 0 Å². The van der Waals surface area contributed by atoms with Crippen LogP contribution in [0.25, 0.3) is 0 Å². The fourth-order valence-electron chi connectivity index (χ4n) is 2.94. The minimum atomic E-state index is -0.915. The lowest BCUT2D eigenvalue weighted by Crippen LogP contribution is -2.47. The zero-order valence-electron chi connectivity index (χ0n) is 15.7. The molecule has 2 aromatic rings. The van der Waals surface area contributed by atoms with Crippen LogP contribution in [0.4, 0.5) is 0 Å². The lowest BCUT2D eigenvalue weighted by Gasteiger charge is -2.33. The second-order valence-electron chi connectivity index (χ2n) is 6.63. The normalized spacial score (nSPS) is 17.2. The van der Waals surface area contributed by atoms with Crippen molar-refractivity contribution >= 4 is 46.6 Å². The highest BCUT2D eigenvalue weighted by Gasteiger charge is 2.21. The van der Waals surface area contributed by atoms with Crippen LogP contribution in [0, 0.1) is 0 Å². The number of nitrogens with one attached hydrogen (secondary N) is 1. The number of ether oxygens (including phenoxy) is 1. The van der Waals surface area contributed by atoms with Crippen molar-refractivity contribution in [1.82, 2.24) is 15.2 Å². The summed E-state index contributed by atoms with van der Waals surface area (Å²) < 4.78 is 6.46. The summed E-state index contributed by atoms with van der Waals surface area (Å²) in [5, 5.41) is 14.1. The van der Waals surface area contributed by atoms with E-state index in [0.29, 0.717) is 23.2 Å². The van der Waals surface area contributed by atoms with Gasteiger partial charge >= 0.3 is 5.97 Å². The van der Waals surface area contributed by atoms with E-state index in [9.17, 15) is 9.59 Å². The van der Waals surface area contributed by atoms with Crippen molar-refractivity contribution < 1.29 is 19.4 Å². The number of aliphatic carboxylic acids is 1. The molecule has 1 aromatic carbocycles. The van der Waals surface area contributed by atoms with Crippen molar-refractivity contribution in [1.29, 1.82) is 0 Å². The van der Waals surface area contributed by atoms with Crippen molar-refractivity contribution in [3.8, 4) is 0 Å². The molecule has 2 N–H and O–H groups in total. The Morgan fingerprint density at radius 2 is 2.31 bits per heavy atom. The van der Waals surface area contributed by atoms with Crippen LogP contribution in [0.1, 0.15) is 11.3 Å². The Morgan fingerprint density at radius 1 is 1.45 bits per heavy atom. The van der Waals surface area contributed by atoms with Crippen molar-refractivity contribution in [3.63, 3.8) is 0 Å². The molecule has 1 aromatic heterocycles. The fourth-order valence-corrected chi connectivity index (χ4v) is 4.83. The Kier molecular flexibility index (Phi) is 8.31. The lowest BCUT2D eigenvalue weighted by molar-refractivity contribution is -0.136. The Bertz CT molecular complexity index is 848. The average molecular weight is 456 g/mol. The van der Waals surface area contributed by atoms with E-state index >= 15 is 0 Å². The van der Waals surface area contributed by atoms with Crippen LogP contribution in [0.5, 0.6) is 0 Å². The van der Waals surface area contributed by atoms with Crippen LogP contribution in [0.2, 0.25) is 5.02 Å². The topological polar surface area (TPSA) is 91.8 Å². The Balaban J connectivity index is 1.38. The van der Waals surface area contributed by atoms with Crippen molar-refractivity contribution in [2.75, 3.05) is 32.0 Å². The number of carbonyl (C=O) groups excluding carboxylic acids is 1. The van der Waals surface area contributed by atoms with E-state index in [0.717, 1.165) is 30.2 Å². The van der Waals surface area contributed by atoms with Gasteiger partial charge in [-0.1, -0.05) is 35.5 Å². The number of amides is 1. The molecule has 7 nitrogen and oxygen atoms in total. The summed E-state index contributed by atoms with van der Waals surface area (Å²) in [6.45, 7) is 3.46. The lowest BCUT2D eigenvalue weighted by atomic mass is 10.2. The summed E-state index contributed by atoms with van der Waals surface area (Å²) in [5.41, 5.74) is 1.67. The number of halogens is 1. The Labute approximate surface area is 182 Å². The van der Waals surface area contributed by atoms with Gasteiger partial charge in [-0.25, -0.2) is 4.98 Å². The number of hydrogen-bond donors (Lipinski definition) is 2. The molecule has 10 heteroatoms. The molecule has 1 aliphatic rings. The van der Waals surface area contributed by atoms with Crippen LogP contribution in [-0.4, -0.2) is 65.0 Å². The first kappa shape index (κ1) is 22.0. The molecule has 0 saturated carbocycles. The number of thiazole rings is 1. The van der Waals surface area contributed by atoms with E-state index in [-0.39, 0.29) is 24.2 Å². The van der Waals surface area contributed by atoms with E-state index < -0.39 is 5.97 Å². The monoisotopic (exact) mass is 455 g/mol. The fraction of sp³-hybridized carbons (Fsp3) is 0.421. The van der Waals surface area contributed by atoms with Crippen LogP contribution < -0.4 is 5.32 Å². The highest BCUT2D eigenvalue weighted by molar-refractivity contribution is 8.01. The van der Waals surface area contributed by atoms with Crippen molar-refractivity contribution in [3.05, 3.63) is 45.9 Å². The number of benzene rings is 1. The first-order valence-electron chi connectivity index (χ1n) is 9.12. The maximum absolute atomic E-state index is 12.1. The molecule has 29 heavy (non-hydrogen) atoms. The minimum absolute atomic E-state index is 0.0566. The highest BCUT2D eigenvalue weighted by atomic mass is 35.5. The molecule has 1 unspecified atom stereocenters. The third kappa shape index (κ3) is 7.60. The first-order chi connectivity index (χ1) is 14.0. The summed E-state index contributed by atoms with van der Waals surface area (Å²) in [4.78, 5) is 29.3. The van der Waals surface area contributed by atoms with Gasteiger partial charge in [-0.15, -0.1) is 11.3 Å². The second-order valence-corrected chi connectivity index (χ2v) is 9.14. The van der Waals surface area contributed by atoms with E-state index in [1.807, 2.05) is 18.2 Å². The number of carboxylic acid groups (broad SMARTS) is 1. The smallest absolute Gasteiger partial charge is 0.309 e. The molecule has 0 radical (unpaired) electrons. The van der Waals surface area contributed by atoms with Crippen LogP contribution in [0.3, 0.4) is 0 Å². The number of thioether (sulfide) groups is 1. The molecular formula is C19H22ClN3O4S2. The molecule has 1 aliphatic heterocycles. The molecule has 0 aliphatic carbocycles. The molecule has 3 rings (SSSR count). The van der Waals surface area contributed by atoms with E-state index in [1.165, 1.54) is 23.1 Å². The van der Waals surface area contributed by atoms with Gasteiger partial charge in [0.15, 0.2) is 4.34 Å².